The van der Waals surface area contributed by atoms with Gasteiger partial charge in [-0.1, -0.05) is 30.3 Å². The van der Waals surface area contributed by atoms with Crippen molar-refractivity contribution in [2.45, 2.75) is 37.9 Å². The number of nitrogens with zero attached hydrogens (tertiary/aromatic N) is 3. The molecule has 2 N–H and O–H groups in total. The summed E-state index contributed by atoms with van der Waals surface area (Å²) >= 11 is 0. The molecule has 2 heterocycles. The molecule has 0 aliphatic heterocycles. The zero-order valence-corrected chi connectivity index (χ0v) is 16.0. The van der Waals surface area contributed by atoms with Crippen molar-refractivity contribution in [3.05, 3.63) is 76.8 Å². The van der Waals surface area contributed by atoms with Crippen LogP contribution in [0.5, 0.6) is 0 Å². The third kappa shape index (κ3) is 4.28. The summed E-state index contributed by atoms with van der Waals surface area (Å²) in [6.45, 7) is 0.881. The van der Waals surface area contributed by atoms with Crippen LogP contribution in [0.4, 0.5) is 5.95 Å². The zero-order chi connectivity index (χ0) is 19.3. The molecule has 28 heavy (non-hydrogen) atoms. The first-order chi connectivity index (χ1) is 13.7. The fourth-order valence-electron chi connectivity index (χ4n) is 3.68. The highest BCUT2D eigenvalue weighted by Crippen LogP contribution is 2.23. The highest BCUT2D eigenvalue weighted by molar-refractivity contribution is 5.59. The number of aromatic nitrogens is 3. The van der Waals surface area contributed by atoms with E-state index in [1.165, 1.54) is 5.56 Å². The van der Waals surface area contributed by atoms with E-state index in [0.29, 0.717) is 23.7 Å². The largest absolute Gasteiger partial charge is 0.353 e. The number of pyridine rings is 1. The van der Waals surface area contributed by atoms with Crippen molar-refractivity contribution in [2.75, 3.05) is 5.32 Å². The second-order valence-corrected chi connectivity index (χ2v) is 7.32. The van der Waals surface area contributed by atoms with E-state index >= 15 is 0 Å². The van der Waals surface area contributed by atoms with Gasteiger partial charge in [0.1, 0.15) is 0 Å². The Bertz CT molecular complexity index is 971. The molecule has 1 aromatic carbocycles. The molecule has 144 valence electrons. The first-order valence-corrected chi connectivity index (χ1v) is 9.71. The third-order valence-electron chi connectivity index (χ3n) is 5.31. The summed E-state index contributed by atoms with van der Waals surface area (Å²) in [5.74, 6) is 0.619. The van der Waals surface area contributed by atoms with E-state index in [4.69, 9.17) is 0 Å². The number of hydrogen-bond donors (Lipinski definition) is 2. The number of hydrogen-bond acceptors (Lipinski definition) is 5. The standard InChI is InChI=1S/C22H25N5O/c1-27-21(28)14-20(17-9-11-23-12-10-17)26-22(27)25-19-8-7-18(13-19)24-15-16-5-3-2-4-6-16/h2-6,9-12,14,18-19,24H,7-8,13,15H2,1H3,(H,25,26)/t18-,19-/m1/s1. The molecule has 6 nitrogen and oxygen atoms in total. The van der Waals surface area contributed by atoms with E-state index in [9.17, 15) is 4.79 Å². The van der Waals surface area contributed by atoms with Crippen LogP contribution in [0, 0.1) is 0 Å². The maximum absolute atomic E-state index is 12.4. The van der Waals surface area contributed by atoms with Gasteiger partial charge in [-0.2, -0.15) is 0 Å². The average molecular weight is 375 g/mol. The number of rotatable bonds is 6. The molecule has 0 spiro atoms. The van der Waals surface area contributed by atoms with Gasteiger partial charge in [-0.3, -0.25) is 14.3 Å². The molecule has 0 radical (unpaired) electrons. The first-order valence-electron chi connectivity index (χ1n) is 9.71. The normalized spacial score (nSPS) is 18.9. The Morgan fingerprint density at radius 2 is 1.82 bits per heavy atom. The highest BCUT2D eigenvalue weighted by Gasteiger charge is 2.25. The van der Waals surface area contributed by atoms with E-state index in [1.54, 1.807) is 30.1 Å². The van der Waals surface area contributed by atoms with Gasteiger partial charge in [0.2, 0.25) is 5.95 Å². The zero-order valence-electron chi connectivity index (χ0n) is 16.0. The van der Waals surface area contributed by atoms with E-state index in [0.717, 1.165) is 31.4 Å². The lowest BCUT2D eigenvalue weighted by molar-refractivity contribution is 0.519. The van der Waals surface area contributed by atoms with E-state index in [-0.39, 0.29) is 5.56 Å². The van der Waals surface area contributed by atoms with Crippen LogP contribution in [-0.4, -0.2) is 26.6 Å². The van der Waals surface area contributed by atoms with Gasteiger partial charge in [0, 0.05) is 49.7 Å². The van der Waals surface area contributed by atoms with Crippen LogP contribution < -0.4 is 16.2 Å². The lowest BCUT2D eigenvalue weighted by Crippen LogP contribution is -2.29. The molecular formula is C22H25N5O. The molecule has 1 fully saturated rings. The molecule has 0 amide bonds. The van der Waals surface area contributed by atoms with Gasteiger partial charge in [0.15, 0.2) is 0 Å². The molecule has 2 atom stereocenters. The minimum Gasteiger partial charge on any atom is -0.353 e. The molecule has 2 aromatic heterocycles. The quantitative estimate of drug-likeness (QED) is 0.693. The molecule has 0 bridgehead atoms. The van der Waals surface area contributed by atoms with Gasteiger partial charge in [-0.25, -0.2) is 4.98 Å². The van der Waals surface area contributed by atoms with E-state index in [1.807, 2.05) is 18.2 Å². The van der Waals surface area contributed by atoms with Crippen molar-refractivity contribution < 1.29 is 0 Å². The van der Waals surface area contributed by atoms with Gasteiger partial charge in [0.05, 0.1) is 5.69 Å². The van der Waals surface area contributed by atoms with Crippen LogP contribution in [0.1, 0.15) is 24.8 Å². The second-order valence-electron chi connectivity index (χ2n) is 7.32. The molecular weight excluding hydrogens is 350 g/mol. The molecule has 1 aliphatic carbocycles. The molecule has 1 saturated carbocycles. The first kappa shape index (κ1) is 18.4. The fraction of sp³-hybridized carbons (Fsp3) is 0.318. The summed E-state index contributed by atoms with van der Waals surface area (Å²) in [5.41, 5.74) is 2.79. The lowest BCUT2D eigenvalue weighted by atomic mass is 10.2. The number of nitrogens with one attached hydrogen (secondary N) is 2. The lowest BCUT2D eigenvalue weighted by Gasteiger charge is -2.17. The van der Waals surface area contributed by atoms with Crippen molar-refractivity contribution in [3.8, 4) is 11.3 Å². The molecule has 3 aromatic rings. The summed E-state index contributed by atoms with van der Waals surface area (Å²) in [7, 11) is 1.76. The van der Waals surface area contributed by atoms with Gasteiger partial charge in [-0.05, 0) is 37.0 Å². The van der Waals surface area contributed by atoms with Crippen molar-refractivity contribution in [3.63, 3.8) is 0 Å². The minimum absolute atomic E-state index is 0.0685. The third-order valence-corrected chi connectivity index (χ3v) is 5.31. The van der Waals surface area contributed by atoms with Crippen molar-refractivity contribution in [1.29, 1.82) is 0 Å². The molecule has 0 unspecified atom stereocenters. The SMILES string of the molecule is Cn1c(N[C@@H]2CC[C@@H](NCc3ccccc3)C2)nc(-c2ccncc2)cc1=O. The summed E-state index contributed by atoms with van der Waals surface area (Å²) in [5, 5.41) is 7.13. The van der Waals surface area contributed by atoms with Crippen molar-refractivity contribution >= 4 is 5.95 Å². The van der Waals surface area contributed by atoms with Gasteiger partial charge < -0.3 is 10.6 Å². The van der Waals surface area contributed by atoms with Crippen LogP contribution in [0.15, 0.2) is 65.7 Å². The Morgan fingerprint density at radius 3 is 2.61 bits per heavy atom. The smallest absolute Gasteiger partial charge is 0.255 e. The molecule has 4 rings (SSSR count). The van der Waals surface area contributed by atoms with Crippen LogP contribution in [-0.2, 0) is 13.6 Å². The maximum Gasteiger partial charge on any atom is 0.255 e. The molecule has 0 saturated heterocycles. The van der Waals surface area contributed by atoms with Gasteiger partial charge in [0.25, 0.3) is 5.56 Å². The minimum atomic E-state index is -0.0685. The molecule has 1 aliphatic rings. The summed E-state index contributed by atoms with van der Waals surface area (Å²) < 4.78 is 1.58. The Balaban J connectivity index is 1.42. The van der Waals surface area contributed by atoms with Gasteiger partial charge in [-0.15, -0.1) is 0 Å². The monoisotopic (exact) mass is 375 g/mol. The van der Waals surface area contributed by atoms with Crippen LogP contribution >= 0.6 is 0 Å². The summed E-state index contributed by atoms with van der Waals surface area (Å²) in [6, 6.07) is 16.5. The second kappa shape index (κ2) is 8.35. The van der Waals surface area contributed by atoms with E-state index in [2.05, 4.69) is 44.9 Å². The topological polar surface area (TPSA) is 71.8 Å². The Kier molecular flexibility index (Phi) is 5.48. The summed E-state index contributed by atoms with van der Waals surface area (Å²) in [6.07, 6.45) is 6.61. The van der Waals surface area contributed by atoms with Crippen LogP contribution in [0.25, 0.3) is 11.3 Å². The van der Waals surface area contributed by atoms with Gasteiger partial charge >= 0.3 is 0 Å². The summed E-state index contributed by atoms with van der Waals surface area (Å²) in [4.78, 5) is 21.1. The Labute approximate surface area is 164 Å². The van der Waals surface area contributed by atoms with Crippen LogP contribution in [0.2, 0.25) is 0 Å². The average Bonchev–Trinajstić information content (AvgIpc) is 3.18. The highest BCUT2D eigenvalue weighted by atomic mass is 16.1. The predicted octanol–water partition coefficient (Wildman–Crippen LogP) is 2.97. The predicted molar refractivity (Wildman–Crippen MR) is 111 cm³/mol. The van der Waals surface area contributed by atoms with Crippen molar-refractivity contribution in [1.82, 2.24) is 19.9 Å². The Morgan fingerprint density at radius 1 is 1.07 bits per heavy atom. The number of benzene rings is 1. The molecule has 6 heteroatoms. The maximum atomic E-state index is 12.4. The van der Waals surface area contributed by atoms with Crippen LogP contribution in [0.3, 0.4) is 0 Å². The van der Waals surface area contributed by atoms with E-state index < -0.39 is 0 Å². The fourth-order valence-corrected chi connectivity index (χ4v) is 3.68. The van der Waals surface area contributed by atoms with Crippen molar-refractivity contribution in [2.24, 2.45) is 7.05 Å². The number of anilines is 1. The Hall–Kier alpha value is -2.99.